The summed E-state index contributed by atoms with van der Waals surface area (Å²) in [6.07, 6.45) is 11.6. The van der Waals surface area contributed by atoms with Gasteiger partial charge in [-0.15, -0.1) is 0 Å². The number of anilines is 1. The van der Waals surface area contributed by atoms with Crippen LogP contribution in [-0.2, 0) is 9.59 Å². The van der Waals surface area contributed by atoms with Crippen molar-refractivity contribution in [2.45, 2.75) is 45.1 Å². The van der Waals surface area contributed by atoms with Crippen molar-refractivity contribution in [3.05, 3.63) is 57.8 Å². The number of barbiturate groups is 1. The van der Waals surface area contributed by atoms with Crippen LogP contribution < -0.4 is 10.2 Å². The smallest absolute Gasteiger partial charge is 0.335 e. The van der Waals surface area contributed by atoms with Crippen LogP contribution in [0.3, 0.4) is 0 Å². The third kappa shape index (κ3) is 3.92. The van der Waals surface area contributed by atoms with Gasteiger partial charge in [-0.05, 0) is 61.2 Å². The maximum absolute atomic E-state index is 13.1. The van der Waals surface area contributed by atoms with Gasteiger partial charge in [-0.25, -0.2) is 9.69 Å². The third-order valence-electron chi connectivity index (χ3n) is 5.55. The minimum Gasteiger partial charge on any atom is -0.351 e. The fourth-order valence-electron chi connectivity index (χ4n) is 4.03. The maximum atomic E-state index is 13.1. The Balaban J connectivity index is 1.64. The Morgan fingerprint density at radius 1 is 1.10 bits per heavy atom. The number of aryl methyl sites for hydroxylation is 1. The number of halogens is 1. The fraction of sp³-hybridized carbons (Fsp3) is 0.318. The van der Waals surface area contributed by atoms with E-state index in [1.165, 1.54) is 19.3 Å². The molecule has 6 nitrogen and oxygen atoms in total. The van der Waals surface area contributed by atoms with Crippen LogP contribution in [0.2, 0.25) is 0 Å². The standard InChI is InChI=1S/C22H22BrN3O3/c1-14-11-16(23)7-8-19(14)26-21(28)18(20(27)24-22(26)29)12-15-9-10-25(13-15)17-5-3-2-4-6-17/h7-13,17H,2-6H2,1H3,(H,24,27,29)/b18-12-. The lowest BCUT2D eigenvalue weighted by Gasteiger charge is -2.27. The van der Waals surface area contributed by atoms with E-state index in [1.54, 1.807) is 18.2 Å². The summed E-state index contributed by atoms with van der Waals surface area (Å²) in [5, 5.41) is 2.28. The molecule has 1 saturated heterocycles. The molecular weight excluding hydrogens is 434 g/mol. The zero-order chi connectivity index (χ0) is 20.5. The zero-order valence-electron chi connectivity index (χ0n) is 16.2. The largest absolute Gasteiger partial charge is 0.351 e. The van der Waals surface area contributed by atoms with Gasteiger partial charge in [0.15, 0.2) is 0 Å². The van der Waals surface area contributed by atoms with Crippen LogP contribution in [-0.4, -0.2) is 22.4 Å². The van der Waals surface area contributed by atoms with Gasteiger partial charge in [-0.3, -0.25) is 14.9 Å². The minimum atomic E-state index is -0.734. The highest BCUT2D eigenvalue weighted by atomic mass is 79.9. The summed E-state index contributed by atoms with van der Waals surface area (Å²) in [6, 6.07) is 6.89. The number of carbonyl (C=O) groups is 3. The molecule has 29 heavy (non-hydrogen) atoms. The monoisotopic (exact) mass is 455 g/mol. The van der Waals surface area contributed by atoms with E-state index in [1.807, 2.05) is 31.5 Å². The second-order valence-electron chi connectivity index (χ2n) is 7.57. The Morgan fingerprint density at radius 2 is 1.86 bits per heavy atom. The molecule has 150 valence electrons. The number of carbonyl (C=O) groups excluding carboxylic acids is 3. The number of aromatic nitrogens is 1. The molecule has 2 aliphatic rings. The molecule has 1 saturated carbocycles. The highest BCUT2D eigenvalue weighted by molar-refractivity contribution is 9.10. The number of rotatable bonds is 3. The highest BCUT2D eigenvalue weighted by Gasteiger charge is 2.37. The van der Waals surface area contributed by atoms with Crippen LogP contribution in [0, 0.1) is 6.92 Å². The Morgan fingerprint density at radius 3 is 2.59 bits per heavy atom. The van der Waals surface area contributed by atoms with E-state index in [2.05, 4.69) is 25.8 Å². The fourth-order valence-corrected chi connectivity index (χ4v) is 4.51. The van der Waals surface area contributed by atoms with Gasteiger partial charge in [-0.2, -0.15) is 0 Å². The zero-order valence-corrected chi connectivity index (χ0v) is 17.7. The summed E-state index contributed by atoms with van der Waals surface area (Å²) < 4.78 is 3.01. The van der Waals surface area contributed by atoms with Crippen LogP contribution in [0.1, 0.15) is 49.3 Å². The number of nitrogens with zero attached hydrogens (tertiary/aromatic N) is 2. The highest BCUT2D eigenvalue weighted by Crippen LogP contribution is 2.30. The van der Waals surface area contributed by atoms with E-state index in [9.17, 15) is 14.4 Å². The summed E-state index contributed by atoms with van der Waals surface area (Å²) in [5.74, 6) is -1.29. The van der Waals surface area contributed by atoms with Crippen LogP contribution in [0.25, 0.3) is 6.08 Å². The molecule has 7 heteroatoms. The molecule has 2 aromatic rings. The molecule has 4 rings (SSSR count). The van der Waals surface area contributed by atoms with Gasteiger partial charge in [-0.1, -0.05) is 35.2 Å². The molecule has 1 N–H and O–H groups in total. The van der Waals surface area contributed by atoms with Crippen LogP contribution >= 0.6 is 15.9 Å². The molecule has 1 aromatic carbocycles. The molecule has 2 fully saturated rings. The summed E-state index contributed by atoms with van der Waals surface area (Å²) in [4.78, 5) is 38.8. The van der Waals surface area contributed by atoms with E-state index in [4.69, 9.17) is 0 Å². The van der Waals surface area contributed by atoms with Crippen molar-refractivity contribution in [2.75, 3.05) is 4.90 Å². The number of hydrogen-bond acceptors (Lipinski definition) is 3. The summed E-state index contributed by atoms with van der Waals surface area (Å²) in [7, 11) is 0. The first-order valence-electron chi connectivity index (χ1n) is 9.79. The molecule has 0 bridgehead atoms. The molecule has 1 aliphatic carbocycles. The molecule has 0 atom stereocenters. The molecule has 0 spiro atoms. The quantitative estimate of drug-likeness (QED) is 0.536. The first-order valence-corrected chi connectivity index (χ1v) is 10.6. The average molecular weight is 456 g/mol. The second kappa shape index (κ2) is 7.99. The number of urea groups is 1. The SMILES string of the molecule is Cc1cc(Br)ccc1N1C(=O)NC(=O)/C(=C/c2ccn(C3CCCCC3)c2)C1=O. The normalized spacial score (nSPS) is 19.7. The van der Waals surface area contributed by atoms with Crippen molar-refractivity contribution in [1.29, 1.82) is 0 Å². The predicted octanol–water partition coefficient (Wildman–Crippen LogP) is 4.73. The Bertz CT molecular complexity index is 1020. The molecule has 1 aromatic heterocycles. The van der Waals surface area contributed by atoms with Gasteiger partial charge in [0.1, 0.15) is 5.57 Å². The Kier molecular flexibility index (Phi) is 5.41. The predicted molar refractivity (Wildman–Crippen MR) is 114 cm³/mol. The molecule has 0 unspecified atom stereocenters. The first-order chi connectivity index (χ1) is 13.9. The molecular formula is C22H22BrN3O3. The van der Waals surface area contributed by atoms with Crippen molar-refractivity contribution >= 4 is 45.5 Å². The summed E-state index contributed by atoms with van der Waals surface area (Å²) in [5.41, 5.74) is 1.93. The Hall–Kier alpha value is -2.67. The van der Waals surface area contributed by atoms with Gasteiger partial charge in [0, 0.05) is 22.9 Å². The number of nitrogens with one attached hydrogen (secondary N) is 1. The lowest BCUT2D eigenvalue weighted by molar-refractivity contribution is -0.122. The summed E-state index contributed by atoms with van der Waals surface area (Å²) >= 11 is 3.38. The van der Waals surface area contributed by atoms with Crippen molar-refractivity contribution in [1.82, 2.24) is 9.88 Å². The first kappa shape index (κ1) is 19.6. The molecule has 2 heterocycles. The van der Waals surface area contributed by atoms with Crippen LogP contribution in [0.15, 0.2) is 46.7 Å². The number of hydrogen-bond donors (Lipinski definition) is 1. The van der Waals surface area contributed by atoms with E-state index >= 15 is 0 Å². The van der Waals surface area contributed by atoms with Crippen molar-refractivity contribution in [3.63, 3.8) is 0 Å². The summed E-state index contributed by atoms with van der Waals surface area (Å²) in [6.45, 7) is 1.81. The van der Waals surface area contributed by atoms with Gasteiger partial charge < -0.3 is 4.57 Å². The van der Waals surface area contributed by atoms with E-state index in [-0.39, 0.29) is 5.57 Å². The maximum Gasteiger partial charge on any atom is 0.335 e. The van der Waals surface area contributed by atoms with Crippen molar-refractivity contribution in [2.24, 2.45) is 0 Å². The van der Waals surface area contributed by atoms with Gasteiger partial charge in [0.2, 0.25) is 0 Å². The number of benzene rings is 1. The topological polar surface area (TPSA) is 71.4 Å². The van der Waals surface area contributed by atoms with Gasteiger partial charge in [0.05, 0.1) is 5.69 Å². The lowest BCUT2D eigenvalue weighted by atomic mass is 9.95. The molecule has 4 amide bonds. The van der Waals surface area contributed by atoms with Crippen molar-refractivity contribution < 1.29 is 14.4 Å². The minimum absolute atomic E-state index is 0.0479. The van der Waals surface area contributed by atoms with Crippen molar-refractivity contribution in [3.8, 4) is 0 Å². The number of amides is 4. The Labute approximate surface area is 177 Å². The third-order valence-corrected chi connectivity index (χ3v) is 6.04. The van der Waals surface area contributed by atoms with E-state index < -0.39 is 17.8 Å². The lowest BCUT2D eigenvalue weighted by Crippen LogP contribution is -2.54. The van der Waals surface area contributed by atoms with E-state index in [0.29, 0.717) is 11.7 Å². The molecule has 1 aliphatic heterocycles. The van der Waals surface area contributed by atoms with Gasteiger partial charge >= 0.3 is 6.03 Å². The number of imide groups is 2. The molecule has 0 radical (unpaired) electrons. The average Bonchev–Trinajstić information content (AvgIpc) is 3.16. The van der Waals surface area contributed by atoms with Crippen LogP contribution in [0.5, 0.6) is 0 Å². The second-order valence-corrected chi connectivity index (χ2v) is 8.49. The van der Waals surface area contributed by atoms with Gasteiger partial charge in [0.25, 0.3) is 11.8 Å². The van der Waals surface area contributed by atoms with Crippen LogP contribution in [0.4, 0.5) is 10.5 Å². The van der Waals surface area contributed by atoms with E-state index in [0.717, 1.165) is 33.3 Å².